The normalized spacial score (nSPS) is 27.6. The van der Waals surface area contributed by atoms with E-state index in [9.17, 15) is 0 Å². The summed E-state index contributed by atoms with van der Waals surface area (Å²) in [6.07, 6.45) is 7.23. The maximum absolute atomic E-state index is 4.74. The maximum atomic E-state index is 4.74. The zero-order valence-electron chi connectivity index (χ0n) is 12.4. The molecule has 1 aliphatic carbocycles. The molecule has 0 amide bonds. The predicted molar refractivity (Wildman–Crippen MR) is 75.5 cm³/mol. The van der Waals surface area contributed by atoms with E-state index in [0.717, 1.165) is 12.3 Å². The van der Waals surface area contributed by atoms with E-state index < -0.39 is 0 Å². The average Bonchev–Trinajstić information content (AvgIpc) is 2.36. The zero-order valence-corrected chi connectivity index (χ0v) is 12.4. The van der Waals surface area contributed by atoms with Crippen molar-refractivity contribution < 1.29 is 0 Å². The van der Waals surface area contributed by atoms with Crippen LogP contribution in [0.5, 0.6) is 0 Å². The minimum atomic E-state index is 0.218. The fraction of sp³-hybridized carbons (Fsp3) is 0.750. The lowest BCUT2D eigenvalue weighted by Crippen LogP contribution is -2.46. The number of fused-ring (bicyclic) bond motifs is 1. The van der Waals surface area contributed by atoms with Gasteiger partial charge in [-0.1, -0.05) is 34.6 Å². The van der Waals surface area contributed by atoms with Gasteiger partial charge in [0.25, 0.3) is 0 Å². The Morgan fingerprint density at radius 2 is 1.89 bits per heavy atom. The molecule has 2 nitrogen and oxygen atoms in total. The van der Waals surface area contributed by atoms with Gasteiger partial charge in [-0.15, -0.1) is 0 Å². The Labute approximate surface area is 111 Å². The Bertz CT molecular complexity index is 411. The number of aromatic nitrogens is 2. The highest BCUT2D eigenvalue weighted by atomic mass is 14.8. The molecular formula is C16H26N2. The van der Waals surface area contributed by atoms with Gasteiger partial charge >= 0.3 is 0 Å². The van der Waals surface area contributed by atoms with Gasteiger partial charge in [0.05, 0.1) is 11.4 Å². The highest BCUT2D eigenvalue weighted by molar-refractivity contribution is 5.28. The summed E-state index contributed by atoms with van der Waals surface area (Å²) in [5.74, 6) is 2.06. The fourth-order valence-electron chi connectivity index (χ4n) is 4.13. The number of rotatable bonds is 3. The predicted octanol–water partition coefficient (Wildman–Crippen LogP) is 4.00. The van der Waals surface area contributed by atoms with Gasteiger partial charge in [-0.25, -0.2) is 0 Å². The molecule has 1 heterocycles. The third-order valence-electron chi connectivity index (χ3n) is 4.99. The molecule has 1 aromatic rings. The molecule has 0 fully saturated rings. The number of aryl methyl sites for hydroxylation is 1. The van der Waals surface area contributed by atoms with Crippen molar-refractivity contribution in [1.29, 1.82) is 0 Å². The van der Waals surface area contributed by atoms with Crippen LogP contribution in [0.1, 0.15) is 58.8 Å². The summed E-state index contributed by atoms with van der Waals surface area (Å²) in [7, 11) is 0. The van der Waals surface area contributed by atoms with Crippen LogP contribution in [-0.4, -0.2) is 9.97 Å². The summed E-state index contributed by atoms with van der Waals surface area (Å²) >= 11 is 0. The van der Waals surface area contributed by atoms with Crippen LogP contribution in [0.3, 0.4) is 0 Å². The number of hydrogen-bond donors (Lipinski definition) is 0. The molecule has 0 spiro atoms. The molecule has 0 aliphatic heterocycles. The van der Waals surface area contributed by atoms with Crippen LogP contribution < -0.4 is 0 Å². The second-order valence-electron chi connectivity index (χ2n) is 6.29. The van der Waals surface area contributed by atoms with Crippen LogP contribution in [-0.2, 0) is 11.8 Å². The Morgan fingerprint density at radius 1 is 1.22 bits per heavy atom. The summed E-state index contributed by atoms with van der Waals surface area (Å²) in [5.41, 5.74) is 2.74. The lowest BCUT2D eigenvalue weighted by molar-refractivity contribution is 0.109. The molecule has 2 heteroatoms. The standard InChI is InChI=1S/C16H26N2/c1-6-16(12(4)5)13(11(2)3)7-8-14-15(16)18-10-9-17-14/h9-13H,6-8H2,1-5H3. The van der Waals surface area contributed by atoms with Crippen molar-refractivity contribution in [2.45, 2.75) is 59.3 Å². The summed E-state index contributed by atoms with van der Waals surface area (Å²) in [6, 6.07) is 0. The molecule has 2 unspecified atom stereocenters. The van der Waals surface area contributed by atoms with E-state index in [1.54, 1.807) is 0 Å². The Morgan fingerprint density at radius 3 is 2.44 bits per heavy atom. The van der Waals surface area contributed by atoms with Gasteiger partial charge in [-0.3, -0.25) is 9.97 Å². The lowest BCUT2D eigenvalue weighted by atomic mass is 9.56. The minimum absolute atomic E-state index is 0.218. The summed E-state index contributed by atoms with van der Waals surface area (Å²) in [5, 5.41) is 0. The molecule has 1 aromatic heterocycles. The highest BCUT2D eigenvalue weighted by Gasteiger charge is 2.47. The molecule has 0 radical (unpaired) electrons. The van der Waals surface area contributed by atoms with Gasteiger partial charge < -0.3 is 0 Å². The molecular weight excluding hydrogens is 220 g/mol. The van der Waals surface area contributed by atoms with Crippen molar-refractivity contribution in [1.82, 2.24) is 9.97 Å². The molecule has 0 N–H and O–H groups in total. The van der Waals surface area contributed by atoms with Gasteiger partial charge in [0.2, 0.25) is 0 Å². The molecule has 0 aromatic carbocycles. The monoisotopic (exact) mass is 246 g/mol. The Balaban J connectivity index is 2.59. The van der Waals surface area contributed by atoms with Crippen molar-refractivity contribution in [2.75, 3.05) is 0 Å². The molecule has 0 saturated heterocycles. The van der Waals surface area contributed by atoms with Crippen molar-refractivity contribution in [3.63, 3.8) is 0 Å². The van der Waals surface area contributed by atoms with Gasteiger partial charge in [0.15, 0.2) is 0 Å². The van der Waals surface area contributed by atoms with Gasteiger partial charge in [0.1, 0.15) is 0 Å². The van der Waals surface area contributed by atoms with E-state index in [1.807, 2.05) is 12.4 Å². The van der Waals surface area contributed by atoms with Crippen LogP contribution in [0.2, 0.25) is 0 Å². The first-order valence-corrected chi connectivity index (χ1v) is 7.34. The van der Waals surface area contributed by atoms with E-state index >= 15 is 0 Å². The molecule has 100 valence electrons. The second kappa shape index (κ2) is 4.99. The summed E-state index contributed by atoms with van der Waals surface area (Å²) in [6.45, 7) is 11.7. The van der Waals surface area contributed by atoms with E-state index in [1.165, 1.54) is 24.2 Å². The second-order valence-corrected chi connectivity index (χ2v) is 6.29. The largest absolute Gasteiger partial charge is 0.258 e. The summed E-state index contributed by atoms with van der Waals surface area (Å²) in [4.78, 5) is 9.31. The van der Waals surface area contributed by atoms with E-state index in [2.05, 4.69) is 39.6 Å². The Kier molecular flexibility index (Phi) is 3.74. The minimum Gasteiger partial charge on any atom is -0.258 e. The van der Waals surface area contributed by atoms with Crippen LogP contribution in [0.25, 0.3) is 0 Å². The van der Waals surface area contributed by atoms with E-state index in [0.29, 0.717) is 11.8 Å². The first-order chi connectivity index (χ1) is 8.54. The molecule has 0 bridgehead atoms. The van der Waals surface area contributed by atoms with Crippen molar-refractivity contribution in [3.8, 4) is 0 Å². The van der Waals surface area contributed by atoms with Crippen molar-refractivity contribution in [3.05, 3.63) is 23.8 Å². The zero-order chi connectivity index (χ0) is 13.3. The third-order valence-corrected chi connectivity index (χ3v) is 4.99. The van der Waals surface area contributed by atoms with Crippen LogP contribution in [0, 0.1) is 17.8 Å². The van der Waals surface area contributed by atoms with Gasteiger partial charge in [-0.05, 0) is 37.0 Å². The quantitative estimate of drug-likeness (QED) is 0.805. The average molecular weight is 246 g/mol. The van der Waals surface area contributed by atoms with Crippen molar-refractivity contribution >= 4 is 0 Å². The van der Waals surface area contributed by atoms with Gasteiger partial charge in [0, 0.05) is 17.8 Å². The summed E-state index contributed by atoms with van der Waals surface area (Å²) < 4.78 is 0. The number of nitrogens with zero attached hydrogens (tertiary/aromatic N) is 2. The number of hydrogen-bond acceptors (Lipinski definition) is 2. The highest BCUT2D eigenvalue weighted by Crippen LogP contribution is 2.50. The fourth-order valence-corrected chi connectivity index (χ4v) is 4.13. The molecule has 18 heavy (non-hydrogen) atoms. The molecule has 2 atom stereocenters. The first kappa shape index (κ1) is 13.5. The van der Waals surface area contributed by atoms with Crippen LogP contribution in [0.4, 0.5) is 0 Å². The molecule has 0 saturated carbocycles. The first-order valence-electron chi connectivity index (χ1n) is 7.34. The van der Waals surface area contributed by atoms with Crippen LogP contribution in [0.15, 0.2) is 12.4 Å². The maximum Gasteiger partial charge on any atom is 0.0685 e. The van der Waals surface area contributed by atoms with Gasteiger partial charge in [-0.2, -0.15) is 0 Å². The van der Waals surface area contributed by atoms with E-state index in [-0.39, 0.29) is 5.41 Å². The lowest BCUT2D eigenvalue weighted by Gasteiger charge is -2.48. The topological polar surface area (TPSA) is 25.8 Å². The van der Waals surface area contributed by atoms with E-state index in [4.69, 9.17) is 4.98 Å². The van der Waals surface area contributed by atoms with Crippen LogP contribution >= 0.6 is 0 Å². The third kappa shape index (κ3) is 1.86. The smallest absolute Gasteiger partial charge is 0.0685 e. The molecule has 2 rings (SSSR count). The molecule has 1 aliphatic rings. The Hall–Kier alpha value is -0.920. The van der Waals surface area contributed by atoms with Crippen molar-refractivity contribution in [2.24, 2.45) is 17.8 Å². The SMILES string of the molecule is CCC1(C(C)C)c2nccnc2CCC1C(C)C.